The summed E-state index contributed by atoms with van der Waals surface area (Å²) >= 11 is 0. The number of ether oxygens (including phenoxy) is 1. The zero-order chi connectivity index (χ0) is 13.7. The van der Waals surface area contributed by atoms with Crippen LogP contribution in [0.25, 0.3) is 11.4 Å². The Labute approximate surface area is 113 Å². The zero-order valence-electron chi connectivity index (χ0n) is 11.6. The summed E-state index contributed by atoms with van der Waals surface area (Å²) in [7, 11) is 0. The summed E-state index contributed by atoms with van der Waals surface area (Å²) in [5.74, 6) is 2.46. The zero-order valence-corrected chi connectivity index (χ0v) is 11.6. The fraction of sp³-hybridized carbons (Fsp3) is 0.333. The summed E-state index contributed by atoms with van der Waals surface area (Å²) in [6.07, 6.45) is 0. The van der Waals surface area contributed by atoms with Crippen LogP contribution in [0.4, 0.5) is 5.82 Å². The normalized spacial score (nSPS) is 10.3. The first-order chi connectivity index (χ1) is 9.22. The van der Waals surface area contributed by atoms with Gasteiger partial charge < -0.3 is 10.1 Å². The largest absolute Gasteiger partial charge is 0.494 e. The van der Waals surface area contributed by atoms with Crippen molar-refractivity contribution in [2.45, 2.75) is 20.8 Å². The minimum atomic E-state index is 0.671. The van der Waals surface area contributed by atoms with E-state index in [9.17, 15) is 0 Å². The van der Waals surface area contributed by atoms with Gasteiger partial charge in [0.2, 0.25) is 0 Å². The first-order valence-corrected chi connectivity index (χ1v) is 6.55. The van der Waals surface area contributed by atoms with Crippen LogP contribution in [0.5, 0.6) is 5.75 Å². The predicted octanol–water partition coefficient (Wildman–Crippen LogP) is 3.28. The molecule has 1 aromatic carbocycles. The van der Waals surface area contributed by atoms with Crippen LogP contribution in [0.2, 0.25) is 0 Å². The molecule has 1 heterocycles. The summed E-state index contributed by atoms with van der Waals surface area (Å²) in [4.78, 5) is 8.98. The number of hydrogen-bond acceptors (Lipinski definition) is 4. The van der Waals surface area contributed by atoms with Gasteiger partial charge in [0.1, 0.15) is 11.6 Å². The molecule has 0 saturated carbocycles. The second-order valence-electron chi connectivity index (χ2n) is 4.21. The Bertz CT molecular complexity index is 538. The monoisotopic (exact) mass is 257 g/mol. The van der Waals surface area contributed by atoms with Gasteiger partial charge in [0, 0.05) is 23.9 Å². The molecule has 0 spiro atoms. The molecular weight excluding hydrogens is 238 g/mol. The molecule has 0 unspecified atom stereocenters. The number of anilines is 1. The average molecular weight is 257 g/mol. The van der Waals surface area contributed by atoms with Crippen LogP contribution in [0.1, 0.15) is 19.5 Å². The minimum Gasteiger partial charge on any atom is -0.494 e. The Kier molecular flexibility index (Phi) is 4.34. The van der Waals surface area contributed by atoms with Crippen molar-refractivity contribution in [3.8, 4) is 17.1 Å². The molecule has 0 radical (unpaired) electrons. The van der Waals surface area contributed by atoms with Crippen molar-refractivity contribution in [1.29, 1.82) is 0 Å². The van der Waals surface area contributed by atoms with E-state index in [1.54, 1.807) is 0 Å². The molecule has 1 aromatic heterocycles. The maximum atomic E-state index is 5.43. The molecule has 0 saturated heterocycles. The Morgan fingerprint density at radius 3 is 2.47 bits per heavy atom. The van der Waals surface area contributed by atoms with Gasteiger partial charge in [-0.1, -0.05) is 0 Å². The second-order valence-corrected chi connectivity index (χ2v) is 4.21. The first kappa shape index (κ1) is 13.3. The summed E-state index contributed by atoms with van der Waals surface area (Å²) in [5.41, 5.74) is 1.95. The number of nitrogens with one attached hydrogen (secondary N) is 1. The average Bonchev–Trinajstić information content (AvgIpc) is 2.40. The fourth-order valence-corrected chi connectivity index (χ4v) is 1.84. The number of nitrogens with zero attached hydrogens (tertiary/aromatic N) is 2. The lowest BCUT2D eigenvalue weighted by Crippen LogP contribution is -2.02. The standard InChI is InChI=1S/C15H19N3O/c1-4-16-14-10-11(3)17-15(18-14)12-6-8-13(9-7-12)19-5-2/h6-10H,4-5H2,1-3H3,(H,16,17,18). The van der Waals surface area contributed by atoms with Gasteiger partial charge in [-0.05, 0) is 45.0 Å². The molecule has 4 heteroatoms. The van der Waals surface area contributed by atoms with Crippen molar-refractivity contribution >= 4 is 5.82 Å². The van der Waals surface area contributed by atoms with E-state index in [0.717, 1.165) is 35.2 Å². The molecule has 0 aliphatic heterocycles. The Balaban J connectivity index is 2.29. The topological polar surface area (TPSA) is 47.0 Å². The highest BCUT2D eigenvalue weighted by Gasteiger charge is 2.05. The van der Waals surface area contributed by atoms with Gasteiger partial charge in [-0.2, -0.15) is 0 Å². The Morgan fingerprint density at radius 1 is 1.11 bits per heavy atom. The van der Waals surface area contributed by atoms with Crippen molar-refractivity contribution in [3.05, 3.63) is 36.0 Å². The fourth-order valence-electron chi connectivity index (χ4n) is 1.84. The lowest BCUT2D eigenvalue weighted by molar-refractivity contribution is 0.340. The summed E-state index contributed by atoms with van der Waals surface area (Å²) in [5, 5.41) is 3.21. The van der Waals surface area contributed by atoms with E-state index < -0.39 is 0 Å². The van der Waals surface area contributed by atoms with E-state index in [-0.39, 0.29) is 0 Å². The number of aromatic nitrogens is 2. The Morgan fingerprint density at radius 2 is 1.84 bits per heavy atom. The molecule has 2 rings (SSSR count). The van der Waals surface area contributed by atoms with Crippen LogP contribution < -0.4 is 10.1 Å². The molecule has 0 atom stereocenters. The molecular formula is C15H19N3O. The van der Waals surface area contributed by atoms with E-state index in [0.29, 0.717) is 6.61 Å². The van der Waals surface area contributed by atoms with E-state index >= 15 is 0 Å². The molecule has 0 aliphatic carbocycles. The van der Waals surface area contributed by atoms with Gasteiger partial charge in [0.15, 0.2) is 5.82 Å². The lowest BCUT2D eigenvalue weighted by atomic mass is 10.2. The molecule has 0 amide bonds. The third-order valence-corrected chi connectivity index (χ3v) is 2.64. The number of benzene rings is 1. The van der Waals surface area contributed by atoms with Gasteiger partial charge in [-0.3, -0.25) is 0 Å². The van der Waals surface area contributed by atoms with E-state index in [1.165, 1.54) is 0 Å². The highest BCUT2D eigenvalue weighted by Crippen LogP contribution is 2.21. The third-order valence-electron chi connectivity index (χ3n) is 2.64. The summed E-state index contributed by atoms with van der Waals surface area (Å²) < 4.78 is 5.43. The lowest BCUT2D eigenvalue weighted by Gasteiger charge is -2.08. The maximum Gasteiger partial charge on any atom is 0.161 e. The van der Waals surface area contributed by atoms with Gasteiger partial charge in [0.25, 0.3) is 0 Å². The number of hydrogen-bond donors (Lipinski definition) is 1. The third kappa shape index (κ3) is 3.44. The minimum absolute atomic E-state index is 0.671. The van der Waals surface area contributed by atoms with Gasteiger partial charge >= 0.3 is 0 Å². The number of aryl methyl sites for hydroxylation is 1. The molecule has 2 aromatic rings. The van der Waals surface area contributed by atoms with Crippen molar-refractivity contribution in [3.63, 3.8) is 0 Å². The summed E-state index contributed by atoms with van der Waals surface area (Å²) in [6, 6.07) is 9.79. The van der Waals surface area contributed by atoms with Crippen LogP contribution in [0.3, 0.4) is 0 Å². The summed E-state index contributed by atoms with van der Waals surface area (Å²) in [6.45, 7) is 7.51. The highest BCUT2D eigenvalue weighted by molar-refractivity contribution is 5.58. The number of rotatable bonds is 5. The van der Waals surface area contributed by atoms with Crippen molar-refractivity contribution in [1.82, 2.24) is 9.97 Å². The first-order valence-electron chi connectivity index (χ1n) is 6.55. The van der Waals surface area contributed by atoms with Gasteiger partial charge in [-0.15, -0.1) is 0 Å². The molecule has 100 valence electrons. The van der Waals surface area contributed by atoms with E-state index in [2.05, 4.69) is 15.3 Å². The Hall–Kier alpha value is -2.10. The van der Waals surface area contributed by atoms with Crippen LogP contribution in [-0.2, 0) is 0 Å². The predicted molar refractivity (Wildman–Crippen MR) is 77.5 cm³/mol. The van der Waals surface area contributed by atoms with Crippen LogP contribution in [-0.4, -0.2) is 23.1 Å². The molecule has 0 fully saturated rings. The maximum absolute atomic E-state index is 5.43. The molecule has 0 bridgehead atoms. The molecule has 0 aliphatic rings. The van der Waals surface area contributed by atoms with Crippen LogP contribution in [0, 0.1) is 6.92 Å². The highest BCUT2D eigenvalue weighted by atomic mass is 16.5. The molecule has 1 N–H and O–H groups in total. The smallest absolute Gasteiger partial charge is 0.161 e. The van der Waals surface area contributed by atoms with Crippen molar-refractivity contribution in [2.75, 3.05) is 18.5 Å². The van der Waals surface area contributed by atoms with E-state index in [4.69, 9.17) is 4.74 Å². The van der Waals surface area contributed by atoms with Crippen LogP contribution in [0.15, 0.2) is 30.3 Å². The van der Waals surface area contributed by atoms with Gasteiger partial charge in [-0.25, -0.2) is 9.97 Å². The van der Waals surface area contributed by atoms with Crippen molar-refractivity contribution < 1.29 is 4.74 Å². The van der Waals surface area contributed by atoms with Gasteiger partial charge in [0.05, 0.1) is 6.61 Å². The second kappa shape index (κ2) is 6.18. The quantitative estimate of drug-likeness (QED) is 0.893. The molecule has 4 nitrogen and oxygen atoms in total. The molecule has 19 heavy (non-hydrogen) atoms. The van der Waals surface area contributed by atoms with Crippen LogP contribution >= 0.6 is 0 Å². The SMILES string of the molecule is CCNc1cc(C)nc(-c2ccc(OCC)cc2)n1. The van der Waals surface area contributed by atoms with E-state index in [1.807, 2.05) is 51.1 Å². The van der Waals surface area contributed by atoms with Crippen molar-refractivity contribution in [2.24, 2.45) is 0 Å².